The first-order valence-electron chi connectivity index (χ1n) is 14.8. The molecule has 4 rings (SSSR count). The first kappa shape index (κ1) is 33.2. The molecule has 1 N–H and O–H groups in total. The van der Waals surface area contributed by atoms with Crippen molar-refractivity contribution >= 4 is 27.5 Å². The van der Waals surface area contributed by atoms with Gasteiger partial charge in [0, 0.05) is 19.5 Å². The molecule has 0 bridgehead atoms. The first-order chi connectivity index (χ1) is 21.6. The molecule has 0 spiro atoms. The number of hydrogen-bond donors (Lipinski definition) is 1. The van der Waals surface area contributed by atoms with Crippen molar-refractivity contribution in [2.45, 2.75) is 44.7 Å². The summed E-state index contributed by atoms with van der Waals surface area (Å²) in [5.41, 5.74) is 2.88. The SMILES string of the molecule is CCNC(=O)[C@@H](Cc1ccccc1)N(Cc1ccc(C)cc1)C(=O)CN(c1ccc(OCC)cc1)S(=O)(=O)c1ccc(F)cc1. The molecule has 0 unspecified atom stereocenters. The van der Waals surface area contributed by atoms with Gasteiger partial charge in [0.05, 0.1) is 17.2 Å². The van der Waals surface area contributed by atoms with Gasteiger partial charge < -0.3 is 15.0 Å². The summed E-state index contributed by atoms with van der Waals surface area (Å²) in [6.07, 6.45) is 0.220. The van der Waals surface area contributed by atoms with E-state index in [1.54, 1.807) is 31.2 Å². The molecule has 1 atom stereocenters. The van der Waals surface area contributed by atoms with Crippen LogP contribution in [0.4, 0.5) is 10.1 Å². The number of carbonyl (C=O) groups excluding carboxylic acids is 2. The predicted molar refractivity (Wildman–Crippen MR) is 173 cm³/mol. The van der Waals surface area contributed by atoms with Crippen LogP contribution in [-0.4, -0.2) is 50.9 Å². The van der Waals surface area contributed by atoms with Crippen LogP contribution in [0.15, 0.2) is 108 Å². The lowest BCUT2D eigenvalue weighted by atomic mass is 10.0. The Morgan fingerprint density at radius 2 is 1.49 bits per heavy atom. The number of halogens is 1. The molecule has 0 radical (unpaired) electrons. The van der Waals surface area contributed by atoms with Gasteiger partial charge in [-0.2, -0.15) is 0 Å². The minimum atomic E-state index is -4.34. The number of ether oxygens (including phenoxy) is 1. The van der Waals surface area contributed by atoms with E-state index in [4.69, 9.17) is 4.74 Å². The predicted octanol–water partition coefficient (Wildman–Crippen LogP) is 5.50. The topological polar surface area (TPSA) is 96.0 Å². The molecular weight excluding hydrogens is 593 g/mol. The van der Waals surface area contributed by atoms with Crippen LogP contribution in [0.25, 0.3) is 0 Å². The number of benzene rings is 4. The van der Waals surface area contributed by atoms with Crippen LogP contribution >= 0.6 is 0 Å². The lowest BCUT2D eigenvalue weighted by molar-refractivity contribution is -0.140. The molecule has 0 saturated carbocycles. The first-order valence-corrected chi connectivity index (χ1v) is 16.2. The highest BCUT2D eigenvalue weighted by molar-refractivity contribution is 7.92. The van der Waals surface area contributed by atoms with Crippen molar-refractivity contribution in [1.29, 1.82) is 0 Å². The Bertz CT molecular complexity index is 1660. The molecule has 236 valence electrons. The van der Waals surface area contributed by atoms with Gasteiger partial charge in [0.25, 0.3) is 10.0 Å². The van der Waals surface area contributed by atoms with Crippen LogP contribution in [0.2, 0.25) is 0 Å². The van der Waals surface area contributed by atoms with Gasteiger partial charge in [0.1, 0.15) is 24.2 Å². The number of anilines is 1. The Kier molecular flexibility index (Phi) is 11.3. The number of carbonyl (C=O) groups is 2. The Morgan fingerprint density at radius 3 is 2.09 bits per heavy atom. The maximum atomic E-state index is 14.4. The average Bonchev–Trinajstić information content (AvgIpc) is 3.03. The van der Waals surface area contributed by atoms with Crippen LogP contribution in [0.5, 0.6) is 5.75 Å². The normalized spacial score (nSPS) is 11.8. The van der Waals surface area contributed by atoms with Crippen molar-refractivity contribution in [3.05, 3.63) is 126 Å². The summed E-state index contributed by atoms with van der Waals surface area (Å²) >= 11 is 0. The van der Waals surface area contributed by atoms with E-state index in [-0.39, 0.29) is 29.5 Å². The molecular formula is C35H38FN3O5S. The summed E-state index contributed by atoms with van der Waals surface area (Å²) < 4.78 is 48.3. The number of likely N-dealkylation sites (N-methyl/N-ethyl adjacent to an activating group) is 1. The lowest BCUT2D eigenvalue weighted by Gasteiger charge is -2.34. The van der Waals surface area contributed by atoms with Gasteiger partial charge in [0.2, 0.25) is 11.8 Å². The molecule has 0 aliphatic carbocycles. The highest BCUT2D eigenvalue weighted by Gasteiger charge is 2.34. The van der Waals surface area contributed by atoms with E-state index < -0.39 is 34.3 Å². The smallest absolute Gasteiger partial charge is 0.264 e. The zero-order valence-corrected chi connectivity index (χ0v) is 26.5. The Labute approximate surface area is 264 Å². The molecule has 0 heterocycles. The van der Waals surface area contributed by atoms with Crippen LogP contribution in [0.3, 0.4) is 0 Å². The summed E-state index contributed by atoms with van der Waals surface area (Å²) in [6.45, 7) is 5.83. The number of nitrogens with one attached hydrogen (secondary N) is 1. The molecule has 4 aromatic carbocycles. The van der Waals surface area contributed by atoms with Crippen molar-refractivity contribution in [1.82, 2.24) is 10.2 Å². The highest BCUT2D eigenvalue weighted by atomic mass is 32.2. The lowest BCUT2D eigenvalue weighted by Crippen LogP contribution is -2.53. The number of nitrogens with zero attached hydrogens (tertiary/aromatic N) is 2. The zero-order chi connectivity index (χ0) is 32.4. The second kappa shape index (κ2) is 15.3. The summed E-state index contributed by atoms with van der Waals surface area (Å²) in [6, 6.07) is 26.8. The molecule has 4 aromatic rings. The Balaban J connectivity index is 1.79. The fourth-order valence-corrected chi connectivity index (χ4v) is 6.29. The Morgan fingerprint density at radius 1 is 0.844 bits per heavy atom. The zero-order valence-electron chi connectivity index (χ0n) is 25.6. The third-order valence-corrected chi connectivity index (χ3v) is 9.00. The van der Waals surface area contributed by atoms with Gasteiger partial charge in [-0.15, -0.1) is 0 Å². The standard InChI is InChI=1S/C35H38FN3O5S/c1-4-37-35(41)33(23-27-9-7-6-8-10-27)38(24-28-13-11-26(3)12-14-28)34(40)25-39(30-17-19-31(20-18-30)44-5-2)45(42,43)32-21-15-29(36)16-22-32/h6-22,33H,4-5,23-25H2,1-3H3,(H,37,41)/t33-/m1/s1. The van der Waals surface area contributed by atoms with Gasteiger partial charge in [-0.1, -0.05) is 60.2 Å². The molecule has 0 saturated heterocycles. The number of aryl methyl sites for hydroxylation is 1. The largest absolute Gasteiger partial charge is 0.494 e. The number of sulfonamides is 1. The summed E-state index contributed by atoms with van der Waals surface area (Å²) in [5.74, 6) is -0.988. The maximum absolute atomic E-state index is 14.4. The van der Waals surface area contributed by atoms with Gasteiger partial charge in [0.15, 0.2) is 0 Å². The fraction of sp³-hybridized carbons (Fsp3) is 0.257. The molecule has 8 nitrogen and oxygen atoms in total. The van der Waals surface area contributed by atoms with E-state index in [0.717, 1.165) is 45.3 Å². The number of amides is 2. The quantitative estimate of drug-likeness (QED) is 0.198. The Hall–Kier alpha value is -4.70. The van der Waals surface area contributed by atoms with E-state index in [0.29, 0.717) is 18.9 Å². The van der Waals surface area contributed by atoms with Crippen LogP contribution < -0.4 is 14.4 Å². The molecule has 45 heavy (non-hydrogen) atoms. The van der Waals surface area contributed by atoms with E-state index in [9.17, 15) is 22.4 Å². The van der Waals surface area contributed by atoms with Crippen LogP contribution in [-0.2, 0) is 32.6 Å². The molecule has 0 aliphatic heterocycles. The van der Waals surface area contributed by atoms with Crippen molar-refractivity contribution < 1.29 is 27.1 Å². The average molecular weight is 632 g/mol. The van der Waals surface area contributed by atoms with Crippen molar-refractivity contribution in [2.24, 2.45) is 0 Å². The van der Waals surface area contributed by atoms with Crippen molar-refractivity contribution in [2.75, 3.05) is 24.0 Å². The molecule has 10 heteroatoms. The van der Waals surface area contributed by atoms with E-state index in [2.05, 4.69) is 5.32 Å². The van der Waals surface area contributed by atoms with Gasteiger partial charge in [-0.05, 0) is 80.4 Å². The van der Waals surface area contributed by atoms with E-state index in [1.807, 2.05) is 68.4 Å². The van der Waals surface area contributed by atoms with Crippen molar-refractivity contribution in [3.8, 4) is 5.75 Å². The molecule has 0 aliphatic rings. The van der Waals surface area contributed by atoms with Gasteiger partial charge >= 0.3 is 0 Å². The fourth-order valence-electron chi connectivity index (χ4n) is 4.87. The number of rotatable bonds is 14. The third-order valence-electron chi connectivity index (χ3n) is 7.21. The van der Waals surface area contributed by atoms with E-state index >= 15 is 0 Å². The third kappa shape index (κ3) is 8.69. The summed E-state index contributed by atoms with van der Waals surface area (Å²) in [7, 11) is -4.34. The minimum absolute atomic E-state index is 0.0709. The summed E-state index contributed by atoms with van der Waals surface area (Å²) in [5, 5.41) is 2.85. The van der Waals surface area contributed by atoms with Gasteiger partial charge in [-0.3, -0.25) is 13.9 Å². The molecule has 0 fully saturated rings. The molecule has 2 amide bonds. The van der Waals surface area contributed by atoms with Gasteiger partial charge in [-0.25, -0.2) is 12.8 Å². The second-order valence-corrected chi connectivity index (χ2v) is 12.4. The van der Waals surface area contributed by atoms with Crippen molar-refractivity contribution in [3.63, 3.8) is 0 Å². The van der Waals surface area contributed by atoms with Crippen LogP contribution in [0.1, 0.15) is 30.5 Å². The van der Waals surface area contributed by atoms with Crippen LogP contribution in [0, 0.1) is 12.7 Å². The highest BCUT2D eigenvalue weighted by Crippen LogP contribution is 2.27. The second-order valence-electron chi connectivity index (χ2n) is 10.5. The number of hydrogen-bond acceptors (Lipinski definition) is 5. The molecule has 0 aromatic heterocycles. The summed E-state index contributed by atoms with van der Waals surface area (Å²) in [4.78, 5) is 29.2. The van der Waals surface area contributed by atoms with E-state index in [1.165, 1.54) is 4.90 Å². The maximum Gasteiger partial charge on any atom is 0.264 e. The monoisotopic (exact) mass is 631 g/mol. The minimum Gasteiger partial charge on any atom is -0.494 e.